The summed E-state index contributed by atoms with van der Waals surface area (Å²) in [7, 11) is 3.98. The van der Waals surface area contributed by atoms with Gasteiger partial charge in [-0.25, -0.2) is 0 Å². The second kappa shape index (κ2) is 4.63. The van der Waals surface area contributed by atoms with Crippen LogP contribution in [0.2, 0.25) is 0 Å². The maximum absolute atomic E-state index is 5.56. The SMILES string of the molecule is CN(C)C(=S)c1cccc2ccc3ccccc3c12. The molecular formula is C17H15NS. The average Bonchev–Trinajstić information content (AvgIpc) is 2.45. The normalized spacial score (nSPS) is 10.8. The number of thiocarbonyl (C=S) groups is 1. The number of rotatable bonds is 1. The molecule has 0 aromatic heterocycles. The summed E-state index contributed by atoms with van der Waals surface area (Å²) in [5.74, 6) is 0. The molecule has 0 saturated carbocycles. The molecule has 0 heterocycles. The van der Waals surface area contributed by atoms with E-state index in [-0.39, 0.29) is 0 Å². The van der Waals surface area contributed by atoms with Crippen LogP contribution in [0.3, 0.4) is 0 Å². The molecule has 0 aliphatic heterocycles. The van der Waals surface area contributed by atoms with Gasteiger partial charge in [-0.2, -0.15) is 0 Å². The van der Waals surface area contributed by atoms with Crippen molar-refractivity contribution in [3.05, 3.63) is 60.2 Å². The third-order valence-electron chi connectivity index (χ3n) is 3.41. The van der Waals surface area contributed by atoms with Crippen molar-refractivity contribution in [2.24, 2.45) is 0 Å². The average molecular weight is 265 g/mol. The second-order valence-corrected chi connectivity index (χ2v) is 5.28. The van der Waals surface area contributed by atoms with Crippen molar-refractivity contribution in [1.82, 2.24) is 4.90 Å². The summed E-state index contributed by atoms with van der Waals surface area (Å²) in [6.07, 6.45) is 0. The van der Waals surface area contributed by atoms with Crippen molar-refractivity contribution in [3.8, 4) is 0 Å². The van der Waals surface area contributed by atoms with E-state index in [1.165, 1.54) is 21.5 Å². The Bertz CT molecular complexity index is 774. The summed E-state index contributed by atoms with van der Waals surface area (Å²) < 4.78 is 0. The van der Waals surface area contributed by atoms with E-state index in [0.29, 0.717) is 0 Å². The third kappa shape index (κ3) is 1.98. The van der Waals surface area contributed by atoms with Crippen molar-refractivity contribution in [2.75, 3.05) is 14.1 Å². The van der Waals surface area contributed by atoms with Crippen LogP contribution in [0.5, 0.6) is 0 Å². The predicted molar refractivity (Wildman–Crippen MR) is 86.8 cm³/mol. The van der Waals surface area contributed by atoms with Crippen molar-refractivity contribution in [3.63, 3.8) is 0 Å². The number of benzene rings is 3. The molecule has 3 rings (SSSR count). The topological polar surface area (TPSA) is 3.24 Å². The molecule has 0 unspecified atom stereocenters. The highest BCUT2D eigenvalue weighted by atomic mass is 32.1. The van der Waals surface area contributed by atoms with Gasteiger partial charge in [-0.05, 0) is 21.5 Å². The molecule has 0 aliphatic rings. The Morgan fingerprint density at radius 1 is 0.842 bits per heavy atom. The predicted octanol–water partition coefficient (Wildman–Crippen LogP) is 4.23. The van der Waals surface area contributed by atoms with Crippen LogP contribution in [0.15, 0.2) is 54.6 Å². The van der Waals surface area contributed by atoms with Gasteiger partial charge in [-0.3, -0.25) is 0 Å². The van der Waals surface area contributed by atoms with Crippen molar-refractivity contribution in [1.29, 1.82) is 0 Å². The highest BCUT2D eigenvalue weighted by molar-refractivity contribution is 7.80. The molecule has 3 aromatic carbocycles. The maximum atomic E-state index is 5.56. The van der Waals surface area contributed by atoms with Crippen LogP contribution < -0.4 is 0 Å². The fourth-order valence-corrected chi connectivity index (χ4v) is 2.65. The van der Waals surface area contributed by atoms with Crippen LogP contribution in [-0.2, 0) is 0 Å². The molecule has 0 spiro atoms. The summed E-state index contributed by atoms with van der Waals surface area (Å²) in [5, 5.41) is 5.00. The van der Waals surface area contributed by atoms with Gasteiger partial charge in [-0.1, -0.05) is 66.8 Å². The maximum Gasteiger partial charge on any atom is 0.109 e. The third-order valence-corrected chi connectivity index (χ3v) is 3.99. The van der Waals surface area contributed by atoms with Gasteiger partial charge < -0.3 is 4.90 Å². The molecule has 1 nitrogen and oxygen atoms in total. The van der Waals surface area contributed by atoms with Crippen LogP contribution in [0.25, 0.3) is 21.5 Å². The molecular weight excluding hydrogens is 250 g/mol. The van der Waals surface area contributed by atoms with Crippen molar-refractivity contribution >= 4 is 38.8 Å². The first-order valence-corrected chi connectivity index (χ1v) is 6.71. The van der Waals surface area contributed by atoms with Crippen LogP contribution in [0.1, 0.15) is 5.56 Å². The molecule has 0 radical (unpaired) electrons. The van der Waals surface area contributed by atoms with Crippen molar-refractivity contribution < 1.29 is 0 Å². The van der Waals surface area contributed by atoms with Gasteiger partial charge >= 0.3 is 0 Å². The molecule has 94 valence electrons. The first-order chi connectivity index (χ1) is 9.18. The first-order valence-electron chi connectivity index (χ1n) is 6.30. The zero-order valence-corrected chi connectivity index (χ0v) is 11.9. The number of nitrogens with zero attached hydrogens (tertiary/aromatic N) is 1. The largest absolute Gasteiger partial charge is 0.368 e. The molecule has 0 fully saturated rings. The minimum absolute atomic E-state index is 0.877. The van der Waals surface area contributed by atoms with Crippen LogP contribution in [0, 0.1) is 0 Å². The van der Waals surface area contributed by atoms with E-state index < -0.39 is 0 Å². The summed E-state index contributed by atoms with van der Waals surface area (Å²) in [4.78, 5) is 2.87. The van der Waals surface area contributed by atoms with Gasteiger partial charge in [0.1, 0.15) is 4.99 Å². The van der Waals surface area contributed by atoms with Gasteiger partial charge in [0.2, 0.25) is 0 Å². The molecule has 0 amide bonds. The molecule has 3 aromatic rings. The Balaban J connectivity index is 2.45. The summed E-state index contributed by atoms with van der Waals surface area (Å²) in [6.45, 7) is 0. The molecule has 0 aliphatic carbocycles. The number of fused-ring (bicyclic) bond motifs is 3. The van der Waals surface area contributed by atoms with E-state index in [2.05, 4.69) is 54.6 Å². The minimum atomic E-state index is 0.877. The Hall–Kier alpha value is -1.93. The zero-order valence-electron chi connectivity index (χ0n) is 11.1. The lowest BCUT2D eigenvalue weighted by molar-refractivity contribution is 0.637. The van der Waals surface area contributed by atoms with Gasteiger partial charge in [0.25, 0.3) is 0 Å². The van der Waals surface area contributed by atoms with Crippen LogP contribution >= 0.6 is 12.2 Å². The zero-order chi connectivity index (χ0) is 13.4. The number of hydrogen-bond donors (Lipinski definition) is 0. The smallest absolute Gasteiger partial charge is 0.109 e. The van der Waals surface area contributed by atoms with Crippen LogP contribution in [0.4, 0.5) is 0 Å². The van der Waals surface area contributed by atoms with Crippen LogP contribution in [-0.4, -0.2) is 24.0 Å². The summed E-state index contributed by atoms with van der Waals surface area (Å²) in [6, 6.07) is 19.1. The van der Waals surface area contributed by atoms with E-state index in [4.69, 9.17) is 12.2 Å². The monoisotopic (exact) mass is 265 g/mol. The summed E-state index contributed by atoms with van der Waals surface area (Å²) >= 11 is 5.56. The van der Waals surface area contributed by atoms with Gasteiger partial charge in [0.15, 0.2) is 0 Å². The molecule has 0 bridgehead atoms. The van der Waals surface area contributed by atoms with Gasteiger partial charge in [-0.15, -0.1) is 0 Å². The second-order valence-electron chi connectivity index (χ2n) is 4.89. The van der Waals surface area contributed by atoms with Crippen molar-refractivity contribution in [2.45, 2.75) is 0 Å². The Morgan fingerprint density at radius 2 is 1.53 bits per heavy atom. The van der Waals surface area contributed by atoms with E-state index in [1.807, 2.05) is 19.0 Å². The lowest BCUT2D eigenvalue weighted by Gasteiger charge is -2.16. The Labute approximate surface area is 118 Å². The Kier molecular flexibility index (Phi) is 2.96. The highest BCUT2D eigenvalue weighted by Gasteiger charge is 2.10. The lowest BCUT2D eigenvalue weighted by Crippen LogP contribution is -2.20. The van der Waals surface area contributed by atoms with E-state index in [0.717, 1.165) is 10.6 Å². The van der Waals surface area contributed by atoms with Gasteiger partial charge in [0.05, 0.1) is 0 Å². The molecule has 0 saturated heterocycles. The fraction of sp³-hybridized carbons (Fsp3) is 0.118. The fourth-order valence-electron chi connectivity index (χ4n) is 2.48. The van der Waals surface area contributed by atoms with E-state index in [9.17, 15) is 0 Å². The van der Waals surface area contributed by atoms with E-state index in [1.54, 1.807) is 0 Å². The standard InChI is InChI=1S/C17H15NS/c1-18(2)17(19)15-9-5-7-13-11-10-12-6-3-4-8-14(12)16(13)15/h3-11H,1-2H3. The summed E-state index contributed by atoms with van der Waals surface area (Å²) in [5.41, 5.74) is 1.13. The molecule has 2 heteroatoms. The highest BCUT2D eigenvalue weighted by Crippen LogP contribution is 2.29. The lowest BCUT2D eigenvalue weighted by atomic mass is 9.97. The minimum Gasteiger partial charge on any atom is -0.368 e. The van der Waals surface area contributed by atoms with E-state index >= 15 is 0 Å². The molecule has 0 atom stereocenters. The quantitative estimate of drug-likeness (QED) is 0.478. The Morgan fingerprint density at radius 3 is 2.32 bits per heavy atom. The molecule has 19 heavy (non-hydrogen) atoms. The first kappa shape index (κ1) is 12.1. The number of hydrogen-bond acceptors (Lipinski definition) is 1. The molecule has 0 N–H and O–H groups in total. The van der Waals surface area contributed by atoms with Gasteiger partial charge in [0, 0.05) is 19.7 Å².